The highest BCUT2D eigenvalue weighted by Crippen LogP contribution is 2.23. The molecule has 22 heavy (non-hydrogen) atoms. The molecule has 4 N–H and O–H groups in total. The van der Waals surface area contributed by atoms with Gasteiger partial charge >= 0.3 is 11.9 Å². The summed E-state index contributed by atoms with van der Waals surface area (Å²) in [6, 6.07) is 7.53. The number of nitrogens with one attached hydrogen (secondary N) is 2. The number of hydrogen-bond acceptors (Lipinski definition) is 5. The van der Waals surface area contributed by atoms with E-state index in [0.29, 0.717) is 17.9 Å². The highest BCUT2D eigenvalue weighted by Gasteiger charge is 2.09. The summed E-state index contributed by atoms with van der Waals surface area (Å²) in [5.74, 6) is -3.00. The number of ether oxygens (including phenoxy) is 1. The molecule has 0 radical (unpaired) electrons. The molecule has 0 spiro atoms. The van der Waals surface area contributed by atoms with Crippen LogP contribution in [0.15, 0.2) is 24.3 Å². The van der Waals surface area contributed by atoms with Gasteiger partial charge in [-0.15, -0.1) is 0 Å². The standard InChI is InChI=1S/C12H18N2O2.C2H2O4/c1-9(13-2)8-12(15)14-10-6-4-5-7-11(10)16-3;3-1(4)2(5)6/h4-7,9,13H,8H2,1-3H3,(H,14,15);(H,3,4)(H,5,6). The molecule has 1 atom stereocenters. The maximum absolute atomic E-state index is 11.6. The molecule has 0 heterocycles. The number of hydrogen-bond donors (Lipinski definition) is 4. The van der Waals surface area contributed by atoms with Crippen LogP contribution in [0.25, 0.3) is 0 Å². The van der Waals surface area contributed by atoms with E-state index in [9.17, 15) is 4.79 Å². The zero-order chi connectivity index (χ0) is 17.1. The van der Waals surface area contributed by atoms with Crippen molar-refractivity contribution in [2.45, 2.75) is 19.4 Å². The van der Waals surface area contributed by atoms with Gasteiger partial charge in [0.05, 0.1) is 12.8 Å². The summed E-state index contributed by atoms with van der Waals surface area (Å²) in [5.41, 5.74) is 0.707. The van der Waals surface area contributed by atoms with Gasteiger partial charge in [-0.3, -0.25) is 4.79 Å². The number of anilines is 1. The molecule has 0 aromatic heterocycles. The number of amides is 1. The largest absolute Gasteiger partial charge is 0.495 e. The van der Waals surface area contributed by atoms with Crippen LogP contribution in [-0.4, -0.2) is 48.3 Å². The van der Waals surface area contributed by atoms with Crippen LogP contribution in [0.1, 0.15) is 13.3 Å². The van der Waals surface area contributed by atoms with Gasteiger partial charge in [0, 0.05) is 12.5 Å². The second-order valence-corrected chi connectivity index (χ2v) is 4.25. The molecule has 1 amide bonds. The van der Waals surface area contributed by atoms with Crippen molar-refractivity contribution >= 4 is 23.5 Å². The van der Waals surface area contributed by atoms with E-state index in [4.69, 9.17) is 24.5 Å². The molecule has 0 bridgehead atoms. The lowest BCUT2D eigenvalue weighted by Gasteiger charge is -2.12. The van der Waals surface area contributed by atoms with Crippen LogP contribution < -0.4 is 15.4 Å². The first kappa shape index (κ1) is 19.4. The Balaban J connectivity index is 0.000000626. The van der Waals surface area contributed by atoms with Crippen LogP contribution in [0, 0.1) is 0 Å². The smallest absolute Gasteiger partial charge is 0.414 e. The van der Waals surface area contributed by atoms with E-state index >= 15 is 0 Å². The Kier molecular flexibility index (Phi) is 8.96. The predicted octanol–water partition coefficient (Wildman–Crippen LogP) is 0.787. The molecule has 0 fully saturated rings. The van der Waals surface area contributed by atoms with Crippen LogP contribution in [0.3, 0.4) is 0 Å². The Morgan fingerprint density at radius 2 is 1.73 bits per heavy atom. The van der Waals surface area contributed by atoms with Crippen molar-refractivity contribution in [1.29, 1.82) is 0 Å². The van der Waals surface area contributed by atoms with Crippen molar-refractivity contribution in [2.75, 3.05) is 19.5 Å². The maximum Gasteiger partial charge on any atom is 0.414 e. The first-order valence-electron chi connectivity index (χ1n) is 6.38. The Morgan fingerprint density at radius 3 is 2.18 bits per heavy atom. The third-order valence-electron chi connectivity index (χ3n) is 2.55. The fraction of sp³-hybridized carbons (Fsp3) is 0.357. The summed E-state index contributed by atoms with van der Waals surface area (Å²) < 4.78 is 5.15. The average Bonchev–Trinajstić information content (AvgIpc) is 2.48. The lowest BCUT2D eigenvalue weighted by molar-refractivity contribution is -0.159. The van der Waals surface area contributed by atoms with E-state index in [1.807, 2.05) is 38.2 Å². The first-order valence-corrected chi connectivity index (χ1v) is 6.38. The quantitative estimate of drug-likeness (QED) is 0.592. The SMILES string of the molecule is CNC(C)CC(=O)Nc1ccccc1OC.O=C(O)C(=O)O. The number of methoxy groups -OCH3 is 1. The highest BCUT2D eigenvalue weighted by atomic mass is 16.5. The Bertz CT molecular complexity index is 506. The second kappa shape index (κ2) is 10.2. The normalized spacial score (nSPS) is 10.7. The number of carbonyl (C=O) groups is 3. The van der Waals surface area contributed by atoms with Gasteiger partial charge < -0.3 is 25.6 Å². The fourth-order valence-corrected chi connectivity index (χ4v) is 1.33. The number of rotatable bonds is 5. The monoisotopic (exact) mass is 312 g/mol. The van der Waals surface area contributed by atoms with Crippen molar-refractivity contribution < 1.29 is 29.3 Å². The van der Waals surface area contributed by atoms with Crippen molar-refractivity contribution in [3.63, 3.8) is 0 Å². The van der Waals surface area contributed by atoms with E-state index < -0.39 is 11.9 Å². The molecule has 8 nitrogen and oxygen atoms in total. The van der Waals surface area contributed by atoms with Crippen molar-refractivity contribution in [1.82, 2.24) is 5.32 Å². The van der Waals surface area contributed by atoms with Gasteiger partial charge in [-0.1, -0.05) is 12.1 Å². The minimum Gasteiger partial charge on any atom is -0.495 e. The minimum atomic E-state index is -1.82. The van der Waals surface area contributed by atoms with Crippen LogP contribution in [0.5, 0.6) is 5.75 Å². The van der Waals surface area contributed by atoms with Gasteiger partial charge in [-0.05, 0) is 26.1 Å². The van der Waals surface area contributed by atoms with Crippen molar-refractivity contribution in [3.8, 4) is 5.75 Å². The third-order valence-corrected chi connectivity index (χ3v) is 2.55. The second-order valence-electron chi connectivity index (χ2n) is 4.25. The zero-order valence-corrected chi connectivity index (χ0v) is 12.6. The van der Waals surface area contributed by atoms with E-state index in [-0.39, 0.29) is 11.9 Å². The average molecular weight is 312 g/mol. The van der Waals surface area contributed by atoms with Crippen LogP contribution in [-0.2, 0) is 14.4 Å². The van der Waals surface area contributed by atoms with Gasteiger partial charge in [0.2, 0.25) is 5.91 Å². The van der Waals surface area contributed by atoms with Gasteiger partial charge in [0.25, 0.3) is 0 Å². The highest BCUT2D eigenvalue weighted by molar-refractivity contribution is 6.27. The topological polar surface area (TPSA) is 125 Å². The summed E-state index contributed by atoms with van der Waals surface area (Å²) in [6.45, 7) is 1.96. The zero-order valence-electron chi connectivity index (χ0n) is 12.6. The number of benzene rings is 1. The molecule has 0 aliphatic rings. The molecule has 8 heteroatoms. The molecule has 1 unspecified atom stereocenters. The van der Waals surface area contributed by atoms with Crippen molar-refractivity contribution in [2.24, 2.45) is 0 Å². The third kappa shape index (κ3) is 7.85. The molecule has 0 saturated carbocycles. The van der Waals surface area contributed by atoms with E-state index in [1.54, 1.807) is 7.11 Å². The Hall–Kier alpha value is -2.61. The molecule has 0 aliphatic carbocycles. The number of para-hydroxylation sites is 2. The Labute approximate surface area is 128 Å². The minimum absolute atomic E-state index is 0.0219. The molecule has 1 rings (SSSR count). The van der Waals surface area contributed by atoms with E-state index in [2.05, 4.69) is 10.6 Å². The molecule has 1 aromatic carbocycles. The summed E-state index contributed by atoms with van der Waals surface area (Å²) in [7, 11) is 3.42. The predicted molar refractivity (Wildman–Crippen MR) is 80.0 cm³/mol. The van der Waals surface area contributed by atoms with Gasteiger partial charge in [0.1, 0.15) is 5.75 Å². The molecule has 0 aliphatic heterocycles. The number of aliphatic carboxylic acids is 2. The summed E-state index contributed by atoms with van der Waals surface area (Å²) in [6.07, 6.45) is 0.439. The van der Waals surface area contributed by atoms with Crippen molar-refractivity contribution in [3.05, 3.63) is 24.3 Å². The summed E-state index contributed by atoms with van der Waals surface area (Å²) in [5, 5.41) is 20.6. The van der Waals surface area contributed by atoms with E-state index in [1.165, 1.54) is 0 Å². The van der Waals surface area contributed by atoms with Gasteiger partial charge in [0.15, 0.2) is 0 Å². The number of carboxylic acid groups (broad SMARTS) is 2. The lowest BCUT2D eigenvalue weighted by Crippen LogP contribution is -2.27. The summed E-state index contributed by atoms with van der Waals surface area (Å²) in [4.78, 5) is 29.8. The molecule has 122 valence electrons. The van der Waals surface area contributed by atoms with Gasteiger partial charge in [-0.2, -0.15) is 0 Å². The number of carbonyl (C=O) groups excluding carboxylic acids is 1. The molecule has 0 saturated heterocycles. The van der Waals surface area contributed by atoms with Crippen LogP contribution in [0.4, 0.5) is 5.69 Å². The lowest BCUT2D eigenvalue weighted by atomic mass is 10.2. The van der Waals surface area contributed by atoms with Crippen LogP contribution >= 0.6 is 0 Å². The molecule has 1 aromatic rings. The van der Waals surface area contributed by atoms with E-state index in [0.717, 1.165) is 0 Å². The molecular weight excluding hydrogens is 292 g/mol. The van der Waals surface area contributed by atoms with Crippen LogP contribution in [0.2, 0.25) is 0 Å². The summed E-state index contributed by atoms with van der Waals surface area (Å²) >= 11 is 0. The maximum atomic E-state index is 11.6. The Morgan fingerprint density at radius 1 is 1.18 bits per heavy atom. The fourth-order valence-electron chi connectivity index (χ4n) is 1.33. The van der Waals surface area contributed by atoms with Gasteiger partial charge in [-0.25, -0.2) is 9.59 Å². The molecular formula is C14H20N2O6. The number of carboxylic acids is 2. The first-order chi connectivity index (χ1) is 10.3.